The van der Waals surface area contributed by atoms with Gasteiger partial charge < -0.3 is 19.9 Å². The van der Waals surface area contributed by atoms with Gasteiger partial charge in [-0.3, -0.25) is 0 Å². The first-order valence-electron chi connectivity index (χ1n) is 7.11. The van der Waals surface area contributed by atoms with Gasteiger partial charge in [0.25, 0.3) is 0 Å². The highest BCUT2D eigenvalue weighted by molar-refractivity contribution is 5.91. The number of furan rings is 1. The van der Waals surface area contributed by atoms with Crippen LogP contribution in [0.25, 0.3) is 11.0 Å². The van der Waals surface area contributed by atoms with E-state index < -0.39 is 5.97 Å². The molecule has 1 heterocycles. The van der Waals surface area contributed by atoms with Crippen LogP contribution in [0.1, 0.15) is 36.4 Å². The van der Waals surface area contributed by atoms with Gasteiger partial charge in [0.1, 0.15) is 5.58 Å². The molecule has 0 bridgehead atoms. The van der Waals surface area contributed by atoms with E-state index in [1.165, 1.54) is 6.07 Å². The summed E-state index contributed by atoms with van der Waals surface area (Å²) in [4.78, 5) is 10.9. The Kier molecular flexibility index (Phi) is 4.98. The summed E-state index contributed by atoms with van der Waals surface area (Å²) in [5.41, 5.74) is 1.63. The standard InChI is InChI=1S/C16H21NO4/c1-10(2)13(5-6-18)17-9-11-3-4-14-12(7-11)8-15(21-14)16(19)20/h3-4,7-8,10,13,17-18H,5-6,9H2,1-2H3,(H,19,20). The number of benzene rings is 1. The van der Waals surface area contributed by atoms with Gasteiger partial charge >= 0.3 is 5.97 Å². The van der Waals surface area contributed by atoms with Crippen LogP contribution in [0.15, 0.2) is 28.7 Å². The summed E-state index contributed by atoms with van der Waals surface area (Å²) in [5.74, 6) is -0.669. The Labute approximate surface area is 123 Å². The molecule has 0 aliphatic rings. The smallest absolute Gasteiger partial charge is 0.371 e. The van der Waals surface area contributed by atoms with Crippen LogP contribution >= 0.6 is 0 Å². The van der Waals surface area contributed by atoms with Crippen molar-refractivity contribution in [2.75, 3.05) is 6.61 Å². The molecular weight excluding hydrogens is 270 g/mol. The van der Waals surface area contributed by atoms with Crippen LogP contribution in [-0.4, -0.2) is 28.8 Å². The molecule has 0 aliphatic carbocycles. The van der Waals surface area contributed by atoms with Crippen molar-refractivity contribution in [3.63, 3.8) is 0 Å². The summed E-state index contributed by atoms with van der Waals surface area (Å²) < 4.78 is 5.23. The highest BCUT2D eigenvalue weighted by atomic mass is 16.4. The third kappa shape index (κ3) is 3.83. The molecule has 21 heavy (non-hydrogen) atoms. The lowest BCUT2D eigenvalue weighted by molar-refractivity contribution is 0.0665. The second-order valence-electron chi connectivity index (χ2n) is 5.53. The van der Waals surface area contributed by atoms with Crippen LogP contribution in [-0.2, 0) is 6.54 Å². The van der Waals surface area contributed by atoms with Crippen molar-refractivity contribution in [2.45, 2.75) is 32.9 Å². The van der Waals surface area contributed by atoms with Crippen LogP contribution < -0.4 is 5.32 Å². The highest BCUT2D eigenvalue weighted by Gasteiger charge is 2.13. The molecule has 0 saturated carbocycles. The van der Waals surface area contributed by atoms with E-state index in [1.54, 1.807) is 6.07 Å². The summed E-state index contributed by atoms with van der Waals surface area (Å²) in [5, 5.41) is 22.2. The summed E-state index contributed by atoms with van der Waals surface area (Å²) in [6, 6.07) is 7.42. The van der Waals surface area contributed by atoms with Gasteiger partial charge in [-0.05, 0) is 36.1 Å². The first-order chi connectivity index (χ1) is 10.0. The molecule has 0 saturated heterocycles. The summed E-state index contributed by atoms with van der Waals surface area (Å²) >= 11 is 0. The zero-order chi connectivity index (χ0) is 15.4. The van der Waals surface area contributed by atoms with E-state index in [1.807, 2.05) is 12.1 Å². The molecule has 5 nitrogen and oxygen atoms in total. The first-order valence-corrected chi connectivity index (χ1v) is 7.11. The molecule has 2 rings (SSSR count). The number of hydrogen-bond acceptors (Lipinski definition) is 4. The Morgan fingerprint density at radius 3 is 2.71 bits per heavy atom. The third-order valence-corrected chi connectivity index (χ3v) is 3.60. The van der Waals surface area contributed by atoms with Crippen LogP contribution in [0.5, 0.6) is 0 Å². The van der Waals surface area contributed by atoms with Gasteiger partial charge in [-0.25, -0.2) is 4.79 Å². The average Bonchev–Trinajstić information content (AvgIpc) is 2.86. The summed E-state index contributed by atoms with van der Waals surface area (Å²) in [6.07, 6.45) is 0.717. The summed E-state index contributed by atoms with van der Waals surface area (Å²) in [7, 11) is 0. The number of aliphatic hydroxyl groups is 1. The van der Waals surface area contributed by atoms with Gasteiger partial charge in [0.2, 0.25) is 5.76 Å². The number of nitrogens with one attached hydrogen (secondary N) is 1. The molecule has 1 aromatic carbocycles. The molecule has 2 aromatic rings. The Bertz CT molecular complexity index is 618. The van der Waals surface area contributed by atoms with Gasteiger partial charge in [0.05, 0.1) is 0 Å². The first kappa shape index (κ1) is 15.5. The minimum Gasteiger partial charge on any atom is -0.475 e. The van der Waals surface area contributed by atoms with Crippen molar-refractivity contribution in [1.29, 1.82) is 0 Å². The second-order valence-corrected chi connectivity index (χ2v) is 5.53. The van der Waals surface area contributed by atoms with Gasteiger partial charge in [-0.2, -0.15) is 0 Å². The van der Waals surface area contributed by atoms with E-state index in [0.29, 0.717) is 18.0 Å². The molecule has 0 spiro atoms. The normalized spacial score (nSPS) is 13.0. The maximum atomic E-state index is 10.9. The zero-order valence-corrected chi connectivity index (χ0v) is 12.3. The zero-order valence-electron chi connectivity index (χ0n) is 12.3. The number of aliphatic hydroxyl groups excluding tert-OH is 1. The Hall–Kier alpha value is -1.85. The molecule has 0 aliphatic heterocycles. The molecule has 114 valence electrons. The second kappa shape index (κ2) is 6.74. The topological polar surface area (TPSA) is 82.7 Å². The number of carboxylic acid groups (broad SMARTS) is 1. The number of rotatable bonds is 7. The predicted molar refractivity (Wildman–Crippen MR) is 80.3 cm³/mol. The van der Waals surface area contributed by atoms with Crippen LogP contribution in [0, 0.1) is 5.92 Å². The maximum Gasteiger partial charge on any atom is 0.371 e. The Morgan fingerprint density at radius 1 is 1.33 bits per heavy atom. The van der Waals surface area contributed by atoms with Gasteiger partial charge in [0, 0.05) is 24.6 Å². The van der Waals surface area contributed by atoms with Gasteiger partial charge in [0.15, 0.2) is 0 Å². The van der Waals surface area contributed by atoms with E-state index >= 15 is 0 Å². The van der Waals surface area contributed by atoms with Gasteiger partial charge in [-0.1, -0.05) is 19.9 Å². The molecule has 0 fully saturated rings. The molecular formula is C16H21NO4. The lowest BCUT2D eigenvalue weighted by Crippen LogP contribution is -2.34. The minimum atomic E-state index is -1.06. The molecule has 0 radical (unpaired) electrons. The summed E-state index contributed by atoms with van der Waals surface area (Å²) in [6.45, 7) is 5.07. The lowest BCUT2D eigenvalue weighted by Gasteiger charge is -2.21. The molecule has 5 heteroatoms. The number of aromatic carboxylic acids is 1. The average molecular weight is 291 g/mol. The van der Waals surface area contributed by atoms with Gasteiger partial charge in [-0.15, -0.1) is 0 Å². The van der Waals surface area contributed by atoms with E-state index in [9.17, 15) is 4.79 Å². The van der Waals surface area contributed by atoms with E-state index in [0.717, 1.165) is 17.4 Å². The lowest BCUT2D eigenvalue weighted by atomic mass is 10.0. The fourth-order valence-corrected chi connectivity index (χ4v) is 2.37. The fourth-order valence-electron chi connectivity index (χ4n) is 2.37. The van der Waals surface area contributed by atoms with Crippen LogP contribution in [0.3, 0.4) is 0 Å². The number of hydrogen-bond donors (Lipinski definition) is 3. The minimum absolute atomic E-state index is 0.0459. The molecule has 1 atom stereocenters. The Morgan fingerprint density at radius 2 is 2.10 bits per heavy atom. The Balaban J connectivity index is 2.10. The number of fused-ring (bicyclic) bond motifs is 1. The van der Waals surface area contributed by atoms with Crippen LogP contribution in [0.2, 0.25) is 0 Å². The van der Waals surface area contributed by atoms with Crippen molar-refractivity contribution in [3.8, 4) is 0 Å². The van der Waals surface area contributed by atoms with E-state index in [2.05, 4.69) is 19.2 Å². The quantitative estimate of drug-likeness (QED) is 0.730. The van der Waals surface area contributed by atoms with E-state index in [4.69, 9.17) is 14.6 Å². The maximum absolute atomic E-state index is 10.9. The number of carbonyl (C=O) groups is 1. The van der Waals surface area contributed by atoms with Crippen molar-refractivity contribution in [3.05, 3.63) is 35.6 Å². The number of carboxylic acids is 1. The third-order valence-electron chi connectivity index (χ3n) is 3.60. The molecule has 1 aromatic heterocycles. The monoisotopic (exact) mass is 291 g/mol. The molecule has 1 unspecified atom stereocenters. The SMILES string of the molecule is CC(C)C(CCO)NCc1ccc2oc(C(=O)O)cc2c1. The van der Waals surface area contributed by atoms with Crippen molar-refractivity contribution in [2.24, 2.45) is 5.92 Å². The van der Waals surface area contributed by atoms with Crippen molar-refractivity contribution in [1.82, 2.24) is 5.32 Å². The van der Waals surface area contributed by atoms with Crippen LogP contribution in [0.4, 0.5) is 0 Å². The van der Waals surface area contributed by atoms with Crippen molar-refractivity contribution >= 4 is 16.9 Å². The van der Waals surface area contributed by atoms with Crippen molar-refractivity contribution < 1.29 is 19.4 Å². The predicted octanol–water partition coefficient (Wildman–Crippen LogP) is 2.63. The molecule has 3 N–H and O–H groups in total. The fraction of sp³-hybridized carbons (Fsp3) is 0.438. The van der Waals surface area contributed by atoms with E-state index in [-0.39, 0.29) is 18.4 Å². The largest absolute Gasteiger partial charge is 0.475 e. The highest BCUT2D eigenvalue weighted by Crippen LogP contribution is 2.21. The molecule has 0 amide bonds.